The van der Waals surface area contributed by atoms with E-state index in [-0.39, 0.29) is 12.1 Å². The van der Waals surface area contributed by atoms with E-state index in [1.807, 2.05) is 13.8 Å². The maximum atomic E-state index is 11.6. The maximum Gasteiger partial charge on any atom is 0.312 e. The molecule has 2 atom stereocenters. The largest absolute Gasteiger partial charge is 0.457 e. The van der Waals surface area contributed by atoms with Gasteiger partial charge in [0.15, 0.2) is 0 Å². The summed E-state index contributed by atoms with van der Waals surface area (Å²) in [6.45, 7) is 3.81. The highest BCUT2D eigenvalue weighted by Gasteiger charge is 2.43. The second-order valence-corrected chi connectivity index (χ2v) is 6.12. The first-order valence-electron chi connectivity index (χ1n) is 5.69. The summed E-state index contributed by atoms with van der Waals surface area (Å²) >= 11 is 3.43. The van der Waals surface area contributed by atoms with Crippen LogP contribution in [0.4, 0.5) is 0 Å². The van der Waals surface area contributed by atoms with Crippen LogP contribution in [0.15, 0.2) is 10.1 Å². The fourth-order valence-electron chi connectivity index (χ4n) is 2.33. The molecule has 0 unspecified atom stereocenters. The van der Waals surface area contributed by atoms with Gasteiger partial charge in [-0.15, -0.1) is 0 Å². The third-order valence-electron chi connectivity index (χ3n) is 3.41. The van der Waals surface area contributed by atoms with Gasteiger partial charge in [0.1, 0.15) is 6.10 Å². The summed E-state index contributed by atoms with van der Waals surface area (Å²) in [5.74, 6) is -0.134. The van der Waals surface area contributed by atoms with E-state index in [1.54, 1.807) is 0 Å². The Morgan fingerprint density at radius 3 is 2.75 bits per heavy atom. The molecule has 0 radical (unpaired) electrons. The fourth-order valence-corrected chi connectivity index (χ4v) is 3.01. The van der Waals surface area contributed by atoms with Gasteiger partial charge in [0.05, 0.1) is 11.5 Å². The van der Waals surface area contributed by atoms with Gasteiger partial charge in [0.25, 0.3) is 0 Å². The van der Waals surface area contributed by atoms with Crippen LogP contribution < -0.4 is 0 Å². The van der Waals surface area contributed by atoms with Gasteiger partial charge in [-0.1, -0.05) is 15.9 Å². The molecule has 0 saturated carbocycles. The van der Waals surface area contributed by atoms with E-state index < -0.39 is 11.5 Å². The van der Waals surface area contributed by atoms with Crippen molar-refractivity contribution in [2.45, 2.75) is 51.7 Å². The van der Waals surface area contributed by atoms with Crippen LogP contribution in [0.3, 0.4) is 0 Å². The number of carbonyl (C=O) groups excluding carboxylic acids is 1. The Morgan fingerprint density at radius 2 is 2.19 bits per heavy atom. The van der Waals surface area contributed by atoms with Crippen LogP contribution in [0, 0.1) is 5.41 Å². The molecule has 2 rings (SSSR count). The van der Waals surface area contributed by atoms with Crippen molar-refractivity contribution in [1.29, 1.82) is 0 Å². The van der Waals surface area contributed by atoms with Crippen LogP contribution >= 0.6 is 15.9 Å². The van der Waals surface area contributed by atoms with Crippen molar-refractivity contribution in [2.24, 2.45) is 5.41 Å². The molecule has 2 aliphatic rings. The van der Waals surface area contributed by atoms with Crippen molar-refractivity contribution < 1.29 is 14.6 Å². The van der Waals surface area contributed by atoms with Crippen molar-refractivity contribution >= 4 is 21.9 Å². The molecular weight excluding hydrogens is 272 g/mol. The predicted octanol–water partition coefficient (Wildman–Crippen LogP) is 2.52. The summed E-state index contributed by atoms with van der Waals surface area (Å²) in [5, 5.41) is 9.76. The molecular formula is C12H17BrO3. The number of esters is 1. The van der Waals surface area contributed by atoms with Gasteiger partial charge < -0.3 is 9.84 Å². The van der Waals surface area contributed by atoms with Gasteiger partial charge >= 0.3 is 5.97 Å². The van der Waals surface area contributed by atoms with Crippen LogP contribution in [0.2, 0.25) is 0 Å². The molecule has 0 amide bonds. The van der Waals surface area contributed by atoms with Crippen molar-refractivity contribution in [3.05, 3.63) is 10.1 Å². The first-order valence-corrected chi connectivity index (χ1v) is 6.49. The number of aliphatic hydroxyl groups is 1. The second kappa shape index (κ2) is 4.15. The van der Waals surface area contributed by atoms with E-state index >= 15 is 0 Å². The highest BCUT2D eigenvalue weighted by Crippen LogP contribution is 2.41. The molecule has 3 nitrogen and oxygen atoms in total. The molecule has 16 heavy (non-hydrogen) atoms. The number of ether oxygens (including phenoxy) is 1. The van der Waals surface area contributed by atoms with Crippen LogP contribution in [0.5, 0.6) is 0 Å². The van der Waals surface area contributed by atoms with Crippen molar-refractivity contribution in [2.75, 3.05) is 0 Å². The summed E-state index contributed by atoms with van der Waals surface area (Å²) in [4.78, 5) is 11.6. The average molecular weight is 289 g/mol. The van der Waals surface area contributed by atoms with E-state index in [0.29, 0.717) is 6.42 Å². The number of cyclic esters (lactones) is 1. The van der Waals surface area contributed by atoms with Crippen LogP contribution in [0.25, 0.3) is 0 Å². The standard InChI is InChI=1S/C12H17BrO3/c1-12(2)6-9(16-11(12)15)7-4-3-5-8(14)10(7)13/h8-9,14H,3-6H2,1-2H3/t8-,9+/m0/s1. The Kier molecular flexibility index (Phi) is 3.14. The number of hydrogen-bond donors (Lipinski definition) is 1. The molecule has 1 fully saturated rings. The molecule has 90 valence electrons. The van der Waals surface area contributed by atoms with Gasteiger partial charge in [-0.25, -0.2) is 0 Å². The molecule has 1 aliphatic carbocycles. The highest BCUT2D eigenvalue weighted by molar-refractivity contribution is 9.11. The zero-order valence-corrected chi connectivity index (χ0v) is 11.2. The summed E-state index contributed by atoms with van der Waals surface area (Å²) in [7, 11) is 0. The van der Waals surface area contributed by atoms with Crippen molar-refractivity contribution in [3.63, 3.8) is 0 Å². The zero-order chi connectivity index (χ0) is 11.9. The lowest BCUT2D eigenvalue weighted by molar-refractivity contribution is -0.146. The molecule has 1 saturated heterocycles. The van der Waals surface area contributed by atoms with Gasteiger partial charge in [0.2, 0.25) is 0 Å². The fraction of sp³-hybridized carbons (Fsp3) is 0.750. The summed E-state index contributed by atoms with van der Waals surface area (Å²) in [6.07, 6.45) is 2.79. The minimum atomic E-state index is -0.425. The normalized spacial score (nSPS) is 34.1. The minimum absolute atomic E-state index is 0.134. The second-order valence-electron chi connectivity index (χ2n) is 5.26. The lowest BCUT2D eigenvalue weighted by atomic mass is 9.85. The number of carbonyl (C=O) groups is 1. The van der Waals surface area contributed by atoms with Crippen molar-refractivity contribution in [3.8, 4) is 0 Å². The molecule has 1 N–H and O–H groups in total. The van der Waals surface area contributed by atoms with Gasteiger partial charge in [-0.3, -0.25) is 4.79 Å². The Balaban J connectivity index is 2.21. The number of hydrogen-bond acceptors (Lipinski definition) is 3. The van der Waals surface area contributed by atoms with E-state index in [9.17, 15) is 9.90 Å². The molecule has 0 aromatic rings. The highest BCUT2D eigenvalue weighted by atomic mass is 79.9. The predicted molar refractivity (Wildman–Crippen MR) is 64.1 cm³/mol. The maximum absolute atomic E-state index is 11.6. The van der Waals surface area contributed by atoms with Gasteiger partial charge in [0, 0.05) is 10.9 Å². The minimum Gasteiger partial charge on any atom is -0.457 e. The van der Waals surface area contributed by atoms with Crippen LogP contribution in [-0.4, -0.2) is 23.3 Å². The SMILES string of the molecule is CC1(C)C[C@H](C2=C(Br)[C@@H](O)CCC2)OC1=O. The van der Waals surface area contributed by atoms with E-state index in [0.717, 1.165) is 29.3 Å². The molecule has 4 heteroatoms. The molecule has 0 aromatic carbocycles. The summed E-state index contributed by atoms with van der Waals surface area (Å²) < 4.78 is 6.22. The third kappa shape index (κ3) is 2.05. The summed E-state index contributed by atoms with van der Waals surface area (Å²) in [6, 6.07) is 0. The zero-order valence-electron chi connectivity index (χ0n) is 9.62. The van der Waals surface area contributed by atoms with E-state index in [4.69, 9.17) is 4.74 Å². The third-order valence-corrected chi connectivity index (χ3v) is 4.45. The van der Waals surface area contributed by atoms with Gasteiger partial charge in [-0.05, 0) is 38.7 Å². The molecule has 1 aliphatic heterocycles. The van der Waals surface area contributed by atoms with E-state index in [1.165, 1.54) is 0 Å². The Hall–Kier alpha value is -0.350. The first kappa shape index (κ1) is 12.1. The number of rotatable bonds is 1. The smallest absolute Gasteiger partial charge is 0.312 e. The topological polar surface area (TPSA) is 46.5 Å². The summed E-state index contributed by atoms with van der Waals surface area (Å²) in [5.41, 5.74) is 0.672. The lowest BCUT2D eigenvalue weighted by Gasteiger charge is -2.24. The average Bonchev–Trinajstić information content (AvgIpc) is 2.46. The number of halogens is 1. The van der Waals surface area contributed by atoms with Crippen LogP contribution in [-0.2, 0) is 9.53 Å². The van der Waals surface area contributed by atoms with Crippen LogP contribution in [0.1, 0.15) is 39.5 Å². The molecule has 1 heterocycles. The first-order chi connectivity index (χ1) is 7.42. The van der Waals surface area contributed by atoms with Crippen molar-refractivity contribution in [1.82, 2.24) is 0 Å². The molecule has 0 spiro atoms. The number of aliphatic hydroxyl groups excluding tert-OH is 1. The Labute approximate surface area is 104 Å². The van der Waals surface area contributed by atoms with Gasteiger partial charge in [-0.2, -0.15) is 0 Å². The Bertz CT molecular complexity index is 346. The molecule has 0 bridgehead atoms. The molecule has 0 aromatic heterocycles. The monoisotopic (exact) mass is 288 g/mol. The Morgan fingerprint density at radius 1 is 1.50 bits per heavy atom. The quantitative estimate of drug-likeness (QED) is 0.754. The van der Waals surface area contributed by atoms with E-state index in [2.05, 4.69) is 15.9 Å². The lowest BCUT2D eigenvalue weighted by Crippen LogP contribution is -2.21.